The van der Waals surface area contributed by atoms with Gasteiger partial charge in [-0.3, -0.25) is 0 Å². The molecule has 1 heterocycles. The molecule has 0 saturated heterocycles. The van der Waals surface area contributed by atoms with Crippen LogP contribution in [0, 0.1) is 0 Å². The smallest absolute Gasteiger partial charge is 0.341 e. The number of rotatable bonds is 3. The number of nitrogen functional groups attached to an aromatic ring is 1. The van der Waals surface area contributed by atoms with Crippen LogP contribution in [0.2, 0.25) is 0 Å². The maximum atomic E-state index is 11.3. The molecule has 5 heteroatoms. The topological polar surface area (TPSA) is 65.2 Å². The zero-order valence-corrected chi connectivity index (χ0v) is 9.20. The Kier molecular flexibility index (Phi) is 4.17. The van der Waals surface area contributed by atoms with E-state index in [4.69, 9.17) is 5.73 Å². The summed E-state index contributed by atoms with van der Waals surface area (Å²) in [4.78, 5) is 15.2. The summed E-state index contributed by atoms with van der Waals surface area (Å²) in [5, 5.41) is 0. The van der Waals surface area contributed by atoms with Gasteiger partial charge in [0.1, 0.15) is 11.4 Å². The zero-order chi connectivity index (χ0) is 11.3. The molecule has 0 atom stereocenters. The van der Waals surface area contributed by atoms with Gasteiger partial charge in [-0.2, -0.15) is 12.6 Å². The van der Waals surface area contributed by atoms with Gasteiger partial charge >= 0.3 is 5.97 Å². The van der Waals surface area contributed by atoms with Crippen molar-refractivity contribution in [2.45, 2.75) is 0 Å². The van der Waals surface area contributed by atoms with E-state index in [1.807, 2.05) is 12.2 Å². The molecule has 80 valence electrons. The number of hydrogen-bond acceptors (Lipinski definition) is 5. The van der Waals surface area contributed by atoms with Crippen molar-refractivity contribution in [3.05, 3.63) is 29.5 Å². The number of carbonyl (C=O) groups is 1. The molecule has 0 fully saturated rings. The summed E-state index contributed by atoms with van der Waals surface area (Å²) in [6, 6.07) is 1.63. The molecule has 1 aromatic rings. The lowest BCUT2D eigenvalue weighted by atomic mass is 10.2. The monoisotopic (exact) mass is 224 g/mol. The minimum absolute atomic E-state index is 0.171. The van der Waals surface area contributed by atoms with E-state index in [1.165, 1.54) is 7.11 Å². The molecule has 0 spiro atoms. The highest BCUT2D eigenvalue weighted by atomic mass is 32.1. The standard InChI is InChI=1S/C10H12N2O2S/c1-14-10(13)8-5-7(3-2-4-15)6-12-9(8)11/h2-3,5-6,15H,4H2,1H3,(H2,11,12). The van der Waals surface area contributed by atoms with E-state index in [0.29, 0.717) is 5.75 Å². The van der Waals surface area contributed by atoms with Crippen molar-refractivity contribution in [3.63, 3.8) is 0 Å². The van der Waals surface area contributed by atoms with Crippen molar-refractivity contribution in [2.75, 3.05) is 18.6 Å². The first-order valence-electron chi connectivity index (χ1n) is 4.30. The van der Waals surface area contributed by atoms with E-state index in [0.717, 1.165) is 5.56 Å². The van der Waals surface area contributed by atoms with Crippen LogP contribution in [0.1, 0.15) is 15.9 Å². The number of methoxy groups -OCH3 is 1. The van der Waals surface area contributed by atoms with E-state index in [2.05, 4.69) is 22.3 Å². The number of carbonyl (C=O) groups excluding carboxylic acids is 1. The molecule has 0 radical (unpaired) electrons. The van der Waals surface area contributed by atoms with E-state index < -0.39 is 5.97 Å². The summed E-state index contributed by atoms with van der Waals surface area (Å²) in [5.74, 6) is 0.309. The number of nitrogens with two attached hydrogens (primary N) is 1. The Bertz CT molecular complexity index is 391. The molecule has 0 amide bonds. The fourth-order valence-electron chi connectivity index (χ4n) is 1.04. The highest BCUT2D eigenvalue weighted by molar-refractivity contribution is 7.80. The molecule has 0 saturated carbocycles. The summed E-state index contributed by atoms with van der Waals surface area (Å²) in [6.07, 6.45) is 5.24. The van der Waals surface area contributed by atoms with Crippen LogP contribution in [0.3, 0.4) is 0 Å². The number of thiol groups is 1. The molecule has 1 aromatic heterocycles. The van der Waals surface area contributed by atoms with Gasteiger partial charge in [-0.25, -0.2) is 9.78 Å². The molecule has 2 N–H and O–H groups in total. The van der Waals surface area contributed by atoms with Gasteiger partial charge in [0.15, 0.2) is 0 Å². The molecule has 0 aromatic carbocycles. The van der Waals surface area contributed by atoms with Crippen molar-refractivity contribution in [1.29, 1.82) is 0 Å². The van der Waals surface area contributed by atoms with Gasteiger partial charge in [-0.1, -0.05) is 12.2 Å². The van der Waals surface area contributed by atoms with Crippen LogP contribution in [0.5, 0.6) is 0 Å². The summed E-state index contributed by atoms with van der Waals surface area (Å²) in [6.45, 7) is 0. The third-order valence-corrected chi connectivity index (χ3v) is 1.97. The summed E-state index contributed by atoms with van der Waals surface area (Å²) < 4.78 is 4.58. The van der Waals surface area contributed by atoms with Gasteiger partial charge in [0, 0.05) is 11.9 Å². The molecular formula is C10H12N2O2S. The van der Waals surface area contributed by atoms with Gasteiger partial charge in [-0.05, 0) is 11.6 Å². The average Bonchev–Trinajstić information content (AvgIpc) is 2.27. The van der Waals surface area contributed by atoms with Gasteiger partial charge in [0.05, 0.1) is 7.11 Å². The first-order chi connectivity index (χ1) is 7.19. The Balaban J connectivity index is 3.05. The average molecular weight is 224 g/mol. The summed E-state index contributed by atoms with van der Waals surface area (Å²) in [7, 11) is 1.30. The fourth-order valence-corrected chi connectivity index (χ4v) is 1.15. The lowest BCUT2D eigenvalue weighted by Gasteiger charge is -2.03. The Morgan fingerprint density at radius 2 is 2.47 bits per heavy atom. The number of esters is 1. The predicted molar refractivity (Wildman–Crippen MR) is 62.9 cm³/mol. The lowest BCUT2D eigenvalue weighted by Crippen LogP contribution is -2.07. The van der Waals surface area contributed by atoms with E-state index >= 15 is 0 Å². The normalized spacial score (nSPS) is 10.5. The maximum Gasteiger partial charge on any atom is 0.341 e. The molecule has 1 rings (SSSR count). The van der Waals surface area contributed by atoms with Gasteiger partial charge in [0.25, 0.3) is 0 Å². The van der Waals surface area contributed by atoms with Crippen LogP contribution in [0.25, 0.3) is 6.08 Å². The zero-order valence-electron chi connectivity index (χ0n) is 8.30. The Labute approximate surface area is 93.6 Å². The second-order valence-electron chi connectivity index (χ2n) is 2.78. The quantitative estimate of drug-likeness (QED) is 0.601. The highest BCUT2D eigenvalue weighted by Crippen LogP contribution is 2.13. The molecule has 0 bridgehead atoms. The lowest BCUT2D eigenvalue weighted by molar-refractivity contribution is 0.0601. The number of anilines is 1. The van der Waals surface area contributed by atoms with Crippen LogP contribution in [0.15, 0.2) is 18.3 Å². The Morgan fingerprint density at radius 1 is 1.73 bits per heavy atom. The second-order valence-corrected chi connectivity index (χ2v) is 3.14. The third-order valence-electron chi connectivity index (χ3n) is 1.76. The number of nitrogens with zero attached hydrogens (tertiary/aromatic N) is 1. The molecule has 0 unspecified atom stereocenters. The maximum absolute atomic E-state index is 11.3. The first-order valence-corrected chi connectivity index (χ1v) is 4.93. The predicted octanol–water partition coefficient (Wildman–Crippen LogP) is 1.39. The molecule has 0 aliphatic heterocycles. The van der Waals surface area contributed by atoms with Crippen molar-refractivity contribution < 1.29 is 9.53 Å². The van der Waals surface area contributed by atoms with Crippen molar-refractivity contribution in [2.24, 2.45) is 0 Å². The van der Waals surface area contributed by atoms with E-state index in [9.17, 15) is 4.79 Å². The fraction of sp³-hybridized carbons (Fsp3) is 0.200. The molecule has 0 aliphatic rings. The number of ether oxygens (including phenoxy) is 1. The largest absolute Gasteiger partial charge is 0.465 e. The van der Waals surface area contributed by atoms with Crippen LogP contribution in [-0.2, 0) is 4.74 Å². The van der Waals surface area contributed by atoms with Crippen LogP contribution >= 0.6 is 12.6 Å². The SMILES string of the molecule is COC(=O)c1cc(C=CCS)cnc1N. The first kappa shape index (κ1) is 11.6. The van der Waals surface area contributed by atoms with Gasteiger partial charge < -0.3 is 10.5 Å². The van der Waals surface area contributed by atoms with Crippen LogP contribution in [-0.4, -0.2) is 23.8 Å². The molecular weight excluding hydrogens is 212 g/mol. The Hall–Kier alpha value is -1.49. The second kappa shape index (κ2) is 5.41. The highest BCUT2D eigenvalue weighted by Gasteiger charge is 2.10. The number of hydrogen-bond donors (Lipinski definition) is 2. The van der Waals surface area contributed by atoms with Crippen LogP contribution < -0.4 is 5.73 Å². The Morgan fingerprint density at radius 3 is 3.07 bits per heavy atom. The van der Waals surface area contributed by atoms with Crippen molar-refractivity contribution in [3.8, 4) is 0 Å². The van der Waals surface area contributed by atoms with Gasteiger partial charge in [0.2, 0.25) is 0 Å². The molecule has 0 aliphatic carbocycles. The number of aromatic nitrogens is 1. The number of pyridine rings is 1. The van der Waals surface area contributed by atoms with E-state index in [-0.39, 0.29) is 11.4 Å². The molecule has 15 heavy (non-hydrogen) atoms. The van der Waals surface area contributed by atoms with Crippen molar-refractivity contribution >= 4 is 30.5 Å². The minimum Gasteiger partial charge on any atom is -0.465 e. The third kappa shape index (κ3) is 2.99. The summed E-state index contributed by atoms with van der Waals surface area (Å²) in [5.41, 5.74) is 6.61. The molecule has 4 nitrogen and oxygen atoms in total. The van der Waals surface area contributed by atoms with E-state index in [1.54, 1.807) is 12.3 Å². The summed E-state index contributed by atoms with van der Waals surface area (Å²) >= 11 is 4.03. The van der Waals surface area contributed by atoms with Crippen LogP contribution in [0.4, 0.5) is 5.82 Å². The van der Waals surface area contributed by atoms with Gasteiger partial charge in [-0.15, -0.1) is 0 Å². The van der Waals surface area contributed by atoms with Crippen molar-refractivity contribution in [1.82, 2.24) is 4.98 Å². The minimum atomic E-state index is -0.485.